The van der Waals surface area contributed by atoms with E-state index in [1.54, 1.807) is 0 Å². The zero-order valence-corrected chi connectivity index (χ0v) is 11.0. The fourth-order valence-corrected chi connectivity index (χ4v) is 1.50. The van der Waals surface area contributed by atoms with Crippen LogP contribution < -0.4 is 5.32 Å². The molecule has 0 aliphatic heterocycles. The van der Waals surface area contributed by atoms with Gasteiger partial charge in [0.1, 0.15) is 6.04 Å². The van der Waals surface area contributed by atoms with Crippen LogP contribution in [-0.4, -0.2) is 48.2 Å². The van der Waals surface area contributed by atoms with E-state index in [0.29, 0.717) is 12.5 Å². The van der Waals surface area contributed by atoms with Crippen molar-refractivity contribution in [2.24, 2.45) is 0 Å². The number of carboxylic acid groups (broad SMARTS) is 1. The predicted octanol–water partition coefficient (Wildman–Crippen LogP) is 1.56. The summed E-state index contributed by atoms with van der Waals surface area (Å²) in [5, 5.41) is 12.1. The van der Waals surface area contributed by atoms with Gasteiger partial charge < -0.3 is 15.3 Å². The van der Waals surface area contributed by atoms with Crippen molar-refractivity contribution >= 4 is 5.97 Å². The number of carboxylic acids is 1. The summed E-state index contributed by atoms with van der Waals surface area (Å²) >= 11 is 0. The summed E-state index contributed by atoms with van der Waals surface area (Å²) in [5.74, 6) is -0.744. The lowest BCUT2D eigenvalue weighted by Gasteiger charge is -2.25. The summed E-state index contributed by atoms with van der Waals surface area (Å²) in [6.07, 6.45) is 2.72. The van der Waals surface area contributed by atoms with Gasteiger partial charge in [0.05, 0.1) is 0 Å². The molecule has 2 atom stereocenters. The van der Waals surface area contributed by atoms with Crippen LogP contribution in [0.15, 0.2) is 0 Å². The number of aliphatic carboxylic acids is 1. The molecule has 0 bridgehead atoms. The van der Waals surface area contributed by atoms with Crippen molar-refractivity contribution in [3.63, 3.8) is 0 Å². The summed E-state index contributed by atoms with van der Waals surface area (Å²) in [6.45, 7) is 7.93. The average molecular weight is 230 g/mol. The molecule has 2 unspecified atom stereocenters. The zero-order chi connectivity index (χ0) is 12.6. The molecule has 0 aromatic heterocycles. The van der Waals surface area contributed by atoms with Gasteiger partial charge in [0, 0.05) is 12.6 Å². The van der Waals surface area contributed by atoms with Crippen LogP contribution in [0.25, 0.3) is 0 Å². The SMILES string of the molecule is CCCNC(CCN(C)C(C)CC)C(=O)O. The first kappa shape index (κ1) is 15.4. The van der Waals surface area contributed by atoms with Crippen LogP contribution in [0.4, 0.5) is 0 Å². The molecule has 0 heterocycles. The molecular weight excluding hydrogens is 204 g/mol. The maximum atomic E-state index is 11.0. The second-order valence-electron chi connectivity index (χ2n) is 4.37. The van der Waals surface area contributed by atoms with Gasteiger partial charge in [-0.1, -0.05) is 13.8 Å². The van der Waals surface area contributed by atoms with E-state index in [0.717, 1.165) is 25.9 Å². The van der Waals surface area contributed by atoms with Gasteiger partial charge in [-0.05, 0) is 39.8 Å². The molecule has 0 aromatic carbocycles. The predicted molar refractivity (Wildman–Crippen MR) is 66.7 cm³/mol. The van der Waals surface area contributed by atoms with Crippen LogP contribution in [0.2, 0.25) is 0 Å². The third kappa shape index (κ3) is 6.08. The summed E-state index contributed by atoms with van der Waals surface area (Å²) in [4.78, 5) is 13.2. The van der Waals surface area contributed by atoms with Crippen molar-refractivity contribution in [3.05, 3.63) is 0 Å². The molecule has 0 aromatic rings. The van der Waals surface area contributed by atoms with Gasteiger partial charge >= 0.3 is 5.97 Å². The molecule has 4 heteroatoms. The van der Waals surface area contributed by atoms with Crippen LogP contribution in [0, 0.1) is 0 Å². The Kier molecular flexibility index (Phi) is 8.21. The Hall–Kier alpha value is -0.610. The molecule has 0 amide bonds. The maximum absolute atomic E-state index is 11.0. The summed E-state index contributed by atoms with van der Waals surface area (Å²) < 4.78 is 0. The lowest BCUT2D eigenvalue weighted by Crippen LogP contribution is -2.41. The van der Waals surface area contributed by atoms with Crippen molar-refractivity contribution in [1.82, 2.24) is 10.2 Å². The summed E-state index contributed by atoms with van der Waals surface area (Å²) in [6, 6.07) is 0.104. The lowest BCUT2D eigenvalue weighted by atomic mass is 10.1. The number of hydrogen-bond acceptors (Lipinski definition) is 3. The molecule has 16 heavy (non-hydrogen) atoms. The van der Waals surface area contributed by atoms with Crippen LogP contribution in [0.5, 0.6) is 0 Å². The molecule has 4 nitrogen and oxygen atoms in total. The number of nitrogens with one attached hydrogen (secondary N) is 1. The van der Waals surface area contributed by atoms with Crippen LogP contribution in [-0.2, 0) is 4.79 Å². The third-order valence-electron chi connectivity index (χ3n) is 3.05. The molecule has 2 N–H and O–H groups in total. The van der Waals surface area contributed by atoms with E-state index in [1.165, 1.54) is 0 Å². The lowest BCUT2D eigenvalue weighted by molar-refractivity contribution is -0.139. The molecular formula is C12H26N2O2. The normalized spacial score (nSPS) is 15.1. The van der Waals surface area contributed by atoms with E-state index >= 15 is 0 Å². The molecule has 0 aliphatic rings. The van der Waals surface area contributed by atoms with E-state index in [4.69, 9.17) is 5.11 Å². The fraction of sp³-hybridized carbons (Fsp3) is 0.917. The van der Waals surface area contributed by atoms with E-state index in [-0.39, 0.29) is 0 Å². The van der Waals surface area contributed by atoms with Gasteiger partial charge in [-0.2, -0.15) is 0 Å². The summed E-state index contributed by atoms with van der Waals surface area (Å²) in [5.41, 5.74) is 0. The Morgan fingerprint density at radius 3 is 2.50 bits per heavy atom. The van der Waals surface area contributed by atoms with E-state index in [2.05, 4.69) is 24.1 Å². The van der Waals surface area contributed by atoms with Crippen molar-refractivity contribution in [2.45, 2.75) is 52.1 Å². The number of carbonyl (C=O) groups is 1. The van der Waals surface area contributed by atoms with Gasteiger partial charge in [-0.25, -0.2) is 0 Å². The highest BCUT2D eigenvalue weighted by atomic mass is 16.4. The van der Waals surface area contributed by atoms with Gasteiger partial charge in [0.25, 0.3) is 0 Å². The molecule has 0 saturated heterocycles. The Balaban J connectivity index is 3.96. The molecule has 0 saturated carbocycles. The minimum absolute atomic E-state index is 0.411. The second kappa shape index (κ2) is 8.53. The minimum Gasteiger partial charge on any atom is -0.480 e. The maximum Gasteiger partial charge on any atom is 0.320 e. The number of hydrogen-bond donors (Lipinski definition) is 2. The van der Waals surface area contributed by atoms with Crippen LogP contribution >= 0.6 is 0 Å². The highest BCUT2D eigenvalue weighted by molar-refractivity contribution is 5.73. The standard InChI is InChI=1S/C12H26N2O2/c1-5-8-13-11(12(15)16)7-9-14(4)10(3)6-2/h10-11,13H,5-9H2,1-4H3,(H,15,16). The molecule has 0 fully saturated rings. The van der Waals surface area contributed by atoms with Crippen LogP contribution in [0.3, 0.4) is 0 Å². The Morgan fingerprint density at radius 1 is 1.44 bits per heavy atom. The van der Waals surface area contributed by atoms with Gasteiger partial charge in [0.2, 0.25) is 0 Å². The van der Waals surface area contributed by atoms with Gasteiger partial charge in [-0.15, -0.1) is 0 Å². The first-order valence-corrected chi connectivity index (χ1v) is 6.19. The molecule has 0 spiro atoms. The smallest absolute Gasteiger partial charge is 0.320 e. The Labute approximate surface area is 99.0 Å². The first-order valence-electron chi connectivity index (χ1n) is 6.19. The molecule has 0 rings (SSSR count). The number of nitrogens with zero attached hydrogens (tertiary/aromatic N) is 1. The monoisotopic (exact) mass is 230 g/mol. The topological polar surface area (TPSA) is 52.6 Å². The second-order valence-corrected chi connectivity index (χ2v) is 4.37. The van der Waals surface area contributed by atoms with Crippen molar-refractivity contribution < 1.29 is 9.90 Å². The largest absolute Gasteiger partial charge is 0.480 e. The van der Waals surface area contributed by atoms with Crippen LogP contribution in [0.1, 0.15) is 40.0 Å². The van der Waals surface area contributed by atoms with Gasteiger partial charge in [-0.3, -0.25) is 4.79 Å². The molecule has 0 aliphatic carbocycles. The zero-order valence-electron chi connectivity index (χ0n) is 11.0. The first-order chi connectivity index (χ1) is 7.52. The highest BCUT2D eigenvalue weighted by Crippen LogP contribution is 2.03. The van der Waals surface area contributed by atoms with E-state index in [9.17, 15) is 4.79 Å². The quantitative estimate of drug-likeness (QED) is 0.631. The van der Waals surface area contributed by atoms with E-state index < -0.39 is 12.0 Å². The highest BCUT2D eigenvalue weighted by Gasteiger charge is 2.17. The molecule has 96 valence electrons. The Bertz CT molecular complexity index is 197. The minimum atomic E-state index is -0.744. The van der Waals surface area contributed by atoms with E-state index in [1.807, 2.05) is 14.0 Å². The third-order valence-corrected chi connectivity index (χ3v) is 3.05. The number of rotatable bonds is 9. The van der Waals surface area contributed by atoms with Crippen molar-refractivity contribution in [3.8, 4) is 0 Å². The molecule has 0 radical (unpaired) electrons. The summed E-state index contributed by atoms with van der Waals surface area (Å²) in [7, 11) is 2.05. The fourth-order valence-electron chi connectivity index (χ4n) is 1.50. The van der Waals surface area contributed by atoms with Crippen molar-refractivity contribution in [2.75, 3.05) is 20.1 Å². The Morgan fingerprint density at radius 2 is 2.06 bits per heavy atom. The van der Waals surface area contributed by atoms with Crippen molar-refractivity contribution in [1.29, 1.82) is 0 Å². The average Bonchev–Trinajstić information content (AvgIpc) is 2.27. The van der Waals surface area contributed by atoms with Gasteiger partial charge in [0.15, 0.2) is 0 Å².